The van der Waals surface area contributed by atoms with E-state index in [1.54, 1.807) is 0 Å². The van der Waals surface area contributed by atoms with Crippen molar-refractivity contribution in [3.8, 4) is 11.5 Å². The summed E-state index contributed by atoms with van der Waals surface area (Å²) in [6, 6.07) is 6.42. The molecule has 0 N–H and O–H groups in total. The van der Waals surface area contributed by atoms with Crippen LogP contribution in [0.4, 0.5) is 26.3 Å². The second-order valence-corrected chi connectivity index (χ2v) is 7.48. The van der Waals surface area contributed by atoms with Gasteiger partial charge >= 0.3 is 12.4 Å². The number of benzene rings is 2. The fourth-order valence-corrected chi connectivity index (χ4v) is 3.63. The Labute approximate surface area is 179 Å². The molecular formula is C18H14Br2F6O3. The number of hydrogen-bond donors (Lipinski definition) is 0. The molecule has 0 amide bonds. The Kier molecular flexibility index (Phi) is 7.50. The van der Waals surface area contributed by atoms with Gasteiger partial charge in [-0.05, 0) is 67.3 Å². The maximum absolute atomic E-state index is 13.6. The molecule has 0 saturated carbocycles. The molecule has 29 heavy (non-hydrogen) atoms. The van der Waals surface area contributed by atoms with Crippen molar-refractivity contribution in [1.29, 1.82) is 0 Å². The lowest BCUT2D eigenvalue weighted by atomic mass is 10.1. The topological polar surface area (TPSA) is 27.7 Å². The number of ether oxygens (including phenoxy) is 3. The number of alkyl halides is 6. The molecule has 0 radical (unpaired) electrons. The van der Waals surface area contributed by atoms with Crippen LogP contribution in [0.2, 0.25) is 0 Å². The molecule has 11 heteroatoms. The third kappa shape index (κ3) is 5.79. The van der Waals surface area contributed by atoms with E-state index < -0.39 is 35.7 Å². The third-order valence-corrected chi connectivity index (χ3v) is 5.06. The van der Waals surface area contributed by atoms with E-state index in [0.29, 0.717) is 0 Å². The molecule has 3 nitrogen and oxygen atoms in total. The molecule has 160 valence electrons. The van der Waals surface area contributed by atoms with Gasteiger partial charge in [0.1, 0.15) is 11.5 Å². The van der Waals surface area contributed by atoms with Gasteiger partial charge in [0.25, 0.3) is 0 Å². The summed E-state index contributed by atoms with van der Waals surface area (Å²) in [4.78, 5) is 0. The van der Waals surface area contributed by atoms with Gasteiger partial charge in [0.2, 0.25) is 0 Å². The molecule has 0 heterocycles. The predicted octanol–water partition coefficient (Wildman–Crippen LogP) is 7.15. The van der Waals surface area contributed by atoms with Crippen LogP contribution in [0.15, 0.2) is 45.3 Å². The quantitative estimate of drug-likeness (QED) is 0.357. The van der Waals surface area contributed by atoms with Gasteiger partial charge in [0.05, 0.1) is 23.2 Å². The van der Waals surface area contributed by atoms with Gasteiger partial charge in [-0.1, -0.05) is 12.1 Å². The van der Waals surface area contributed by atoms with Gasteiger partial charge in [-0.25, -0.2) is 0 Å². The van der Waals surface area contributed by atoms with Crippen LogP contribution in [0.5, 0.6) is 11.5 Å². The summed E-state index contributed by atoms with van der Waals surface area (Å²) in [7, 11) is 2.61. The van der Waals surface area contributed by atoms with Crippen LogP contribution in [0.1, 0.15) is 23.3 Å². The molecule has 2 rings (SSSR count). The lowest BCUT2D eigenvalue weighted by Gasteiger charge is -2.29. The van der Waals surface area contributed by atoms with Crippen molar-refractivity contribution in [1.82, 2.24) is 0 Å². The van der Waals surface area contributed by atoms with Crippen molar-refractivity contribution in [3.63, 3.8) is 0 Å². The fourth-order valence-electron chi connectivity index (χ4n) is 2.52. The second kappa shape index (κ2) is 9.13. The van der Waals surface area contributed by atoms with Crippen molar-refractivity contribution in [3.05, 3.63) is 56.5 Å². The third-order valence-electron chi connectivity index (χ3n) is 3.82. The van der Waals surface area contributed by atoms with Crippen molar-refractivity contribution in [2.75, 3.05) is 14.2 Å². The van der Waals surface area contributed by atoms with Gasteiger partial charge in [0.15, 0.2) is 12.2 Å². The lowest BCUT2D eigenvalue weighted by molar-refractivity contribution is -0.292. The largest absolute Gasteiger partial charge is 0.496 e. The van der Waals surface area contributed by atoms with E-state index in [-0.39, 0.29) is 20.4 Å². The Balaban J connectivity index is 2.50. The lowest BCUT2D eigenvalue weighted by Crippen LogP contribution is -2.31. The summed E-state index contributed by atoms with van der Waals surface area (Å²) >= 11 is 6.06. The van der Waals surface area contributed by atoms with Crippen molar-refractivity contribution < 1.29 is 40.6 Å². The van der Waals surface area contributed by atoms with Crippen LogP contribution >= 0.6 is 31.9 Å². The zero-order valence-electron chi connectivity index (χ0n) is 14.9. The summed E-state index contributed by atoms with van der Waals surface area (Å²) in [5.74, 6) is 0.447. The number of rotatable bonds is 6. The van der Waals surface area contributed by atoms with Gasteiger partial charge in [-0.2, -0.15) is 26.3 Å². The van der Waals surface area contributed by atoms with E-state index in [2.05, 4.69) is 36.6 Å². The van der Waals surface area contributed by atoms with E-state index in [1.165, 1.54) is 26.4 Å². The first-order valence-corrected chi connectivity index (χ1v) is 9.42. The molecule has 0 aliphatic carbocycles. The SMILES string of the molecule is COc1ccc(C(OC(c2ccc(OC)c(Br)c2)C(F)(F)F)C(F)(F)F)cc1Br. The Bertz CT molecular complexity index is 785. The Morgan fingerprint density at radius 3 is 1.28 bits per heavy atom. The molecule has 0 fully saturated rings. The molecule has 2 atom stereocenters. The van der Waals surface area contributed by atoms with Crippen molar-refractivity contribution in [2.24, 2.45) is 0 Å². The first kappa shape index (κ1) is 23.8. The summed E-state index contributed by atoms with van der Waals surface area (Å²) in [6.45, 7) is 0. The Hall–Kier alpha value is -1.46. The van der Waals surface area contributed by atoms with Gasteiger partial charge in [-0.3, -0.25) is 0 Å². The smallest absolute Gasteiger partial charge is 0.418 e. The average molecular weight is 552 g/mol. The number of halogens is 8. The predicted molar refractivity (Wildman–Crippen MR) is 100 cm³/mol. The minimum Gasteiger partial charge on any atom is -0.496 e. The molecule has 0 bridgehead atoms. The van der Waals surface area contributed by atoms with Crippen molar-refractivity contribution in [2.45, 2.75) is 24.6 Å². The number of hydrogen-bond acceptors (Lipinski definition) is 3. The maximum atomic E-state index is 13.6. The molecule has 0 saturated heterocycles. The second-order valence-electron chi connectivity index (χ2n) is 5.77. The Morgan fingerprint density at radius 1 is 0.690 bits per heavy atom. The first-order valence-electron chi connectivity index (χ1n) is 7.84. The molecule has 2 unspecified atom stereocenters. The van der Waals surface area contributed by atoms with Crippen LogP contribution in [0, 0.1) is 0 Å². The van der Waals surface area contributed by atoms with Crippen molar-refractivity contribution >= 4 is 31.9 Å². The first-order chi connectivity index (χ1) is 13.4. The van der Waals surface area contributed by atoms with E-state index in [1.807, 2.05) is 0 Å². The van der Waals surface area contributed by atoms with E-state index in [0.717, 1.165) is 24.3 Å². The molecule has 2 aromatic carbocycles. The highest BCUT2D eigenvalue weighted by atomic mass is 79.9. The molecule has 0 aliphatic heterocycles. The van der Waals surface area contributed by atoms with E-state index in [4.69, 9.17) is 9.47 Å². The molecular weight excluding hydrogens is 538 g/mol. The summed E-state index contributed by atoms with van der Waals surface area (Å²) in [5.41, 5.74) is -1.01. The van der Waals surface area contributed by atoms with Crippen LogP contribution in [-0.4, -0.2) is 26.6 Å². The zero-order valence-corrected chi connectivity index (χ0v) is 18.0. The molecule has 0 aromatic heterocycles. The fraction of sp³-hybridized carbons (Fsp3) is 0.333. The summed E-state index contributed by atoms with van der Waals surface area (Å²) in [5, 5.41) is 0. The minimum atomic E-state index is -5.10. The number of methoxy groups -OCH3 is 2. The maximum Gasteiger partial charge on any atom is 0.418 e. The Morgan fingerprint density at radius 2 is 1.03 bits per heavy atom. The average Bonchev–Trinajstić information content (AvgIpc) is 2.60. The van der Waals surface area contributed by atoms with Crippen LogP contribution in [-0.2, 0) is 4.74 Å². The summed E-state index contributed by atoms with van der Waals surface area (Å²) < 4.78 is 96.5. The van der Waals surface area contributed by atoms with E-state index in [9.17, 15) is 26.3 Å². The van der Waals surface area contributed by atoms with Gasteiger partial charge in [0, 0.05) is 0 Å². The molecule has 0 aliphatic rings. The van der Waals surface area contributed by atoms with Crippen LogP contribution in [0.25, 0.3) is 0 Å². The van der Waals surface area contributed by atoms with E-state index >= 15 is 0 Å². The van der Waals surface area contributed by atoms with Crippen LogP contribution in [0.3, 0.4) is 0 Å². The minimum absolute atomic E-state index is 0.145. The summed E-state index contributed by atoms with van der Waals surface area (Å²) in [6.07, 6.45) is -15.8. The van der Waals surface area contributed by atoms with Crippen LogP contribution < -0.4 is 9.47 Å². The molecule has 0 spiro atoms. The van der Waals surface area contributed by atoms with Gasteiger partial charge < -0.3 is 14.2 Å². The highest BCUT2D eigenvalue weighted by Crippen LogP contribution is 2.46. The monoisotopic (exact) mass is 550 g/mol. The highest BCUT2D eigenvalue weighted by Gasteiger charge is 2.50. The molecule has 2 aromatic rings. The standard InChI is InChI=1S/C18H14Br2F6O3/c1-27-13-5-3-9(7-11(13)19)15(17(21,22)23)29-16(18(24,25)26)10-4-6-14(28-2)12(20)8-10/h3-8,15-16H,1-2H3. The normalized spacial score (nSPS) is 14.4. The zero-order chi connectivity index (χ0) is 22.0. The highest BCUT2D eigenvalue weighted by molar-refractivity contribution is 9.10. The van der Waals surface area contributed by atoms with Gasteiger partial charge in [-0.15, -0.1) is 0 Å².